The molecule has 0 amide bonds. The van der Waals surface area contributed by atoms with Crippen LogP contribution in [0.25, 0.3) is 10.9 Å². The van der Waals surface area contributed by atoms with Crippen molar-refractivity contribution in [3.8, 4) is 0 Å². The third-order valence-electron chi connectivity index (χ3n) is 4.66. The molecule has 0 radical (unpaired) electrons. The van der Waals surface area contributed by atoms with Crippen LogP contribution >= 0.6 is 15.9 Å². The predicted molar refractivity (Wildman–Crippen MR) is 99.9 cm³/mol. The largest absolute Gasteiger partial charge is 0.356 e. The first-order valence-corrected chi connectivity index (χ1v) is 9.41. The van der Waals surface area contributed by atoms with Crippen LogP contribution < -0.4 is 5.32 Å². The number of benzene rings is 1. The van der Waals surface area contributed by atoms with Gasteiger partial charge in [-0.1, -0.05) is 6.92 Å². The number of anilines is 2. The Morgan fingerprint density at radius 2 is 2.24 bits per heavy atom. The lowest BCUT2D eigenvalue weighted by molar-refractivity contribution is -0.0366. The summed E-state index contributed by atoms with van der Waals surface area (Å²) in [7, 11) is 1.86. The zero-order chi connectivity index (χ0) is 17.4. The van der Waals surface area contributed by atoms with E-state index in [1.54, 1.807) is 4.68 Å². The lowest BCUT2D eigenvalue weighted by Gasteiger charge is -2.23. The summed E-state index contributed by atoms with van der Waals surface area (Å²) in [4.78, 5) is 4.36. The third kappa shape index (κ3) is 3.04. The van der Waals surface area contributed by atoms with Crippen LogP contribution in [0.2, 0.25) is 0 Å². The molecule has 132 valence electrons. The minimum atomic E-state index is 0.0458. The molecule has 0 bridgehead atoms. The van der Waals surface area contributed by atoms with E-state index in [0.717, 1.165) is 42.5 Å². The van der Waals surface area contributed by atoms with E-state index in [0.29, 0.717) is 10.7 Å². The highest BCUT2D eigenvalue weighted by Crippen LogP contribution is 2.32. The molecule has 3 aromatic rings. The van der Waals surface area contributed by atoms with Gasteiger partial charge in [-0.2, -0.15) is 10.1 Å². The van der Waals surface area contributed by atoms with Crippen LogP contribution in [-0.2, 0) is 18.2 Å². The first-order chi connectivity index (χ1) is 12.2. The number of ether oxygens (including phenoxy) is 1. The molecule has 1 aliphatic rings. The summed E-state index contributed by atoms with van der Waals surface area (Å²) in [5, 5.41) is 13.4. The molecule has 8 heteroatoms. The highest BCUT2D eigenvalue weighted by molar-refractivity contribution is 9.10. The Bertz CT molecular complexity index is 896. The summed E-state index contributed by atoms with van der Waals surface area (Å²) < 4.78 is 10.2. The second-order valence-electron chi connectivity index (χ2n) is 6.24. The molecule has 0 spiro atoms. The highest BCUT2D eigenvalue weighted by atomic mass is 79.9. The number of nitrogens with one attached hydrogen (secondary N) is 1. The Labute approximate surface area is 154 Å². The first-order valence-electron chi connectivity index (χ1n) is 8.61. The number of nitrogens with zero attached hydrogens (tertiary/aromatic N) is 5. The Morgan fingerprint density at radius 3 is 2.92 bits per heavy atom. The van der Waals surface area contributed by atoms with Crippen molar-refractivity contribution in [3.63, 3.8) is 0 Å². The second kappa shape index (κ2) is 6.76. The summed E-state index contributed by atoms with van der Waals surface area (Å²) in [6.45, 7) is 2.97. The van der Waals surface area contributed by atoms with E-state index >= 15 is 0 Å². The number of hydrogen-bond donors (Lipinski definition) is 1. The second-order valence-corrected chi connectivity index (χ2v) is 6.95. The van der Waals surface area contributed by atoms with E-state index in [1.807, 2.05) is 17.9 Å². The van der Waals surface area contributed by atoms with Gasteiger partial charge in [0.15, 0.2) is 6.23 Å². The maximum atomic E-state index is 5.91. The van der Waals surface area contributed by atoms with E-state index in [2.05, 4.69) is 55.5 Å². The average Bonchev–Trinajstić information content (AvgIpc) is 3.18. The molecule has 4 rings (SSSR count). The number of fused-ring (bicyclic) bond motifs is 1. The highest BCUT2D eigenvalue weighted by Gasteiger charge is 2.20. The number of aromatic nitrogens is 5. The van der Waals surface area contributed by atoms with E-state index < -0.39 is 0 Å². The molecular formula is C17H21BrN6O. The van der Waals surface area contributed by atoms with Crippen LogP contribution in [0.5, 0.6) is 0 Å². The Balaban J connectivity index is 1.73. The molecule has 1 saturated heterocycles. The minimum Gasteiger partial charge on any atom is -0.356 e. The van der Waals surface area contributed by atoms with Gasteiger partial charge in [-0.25, -0.2) is 9.36 Å². The number of hydrogen-bond acceptors (Lipinski definition) is 5. The van der Waals surface area contributed by atoms with Crippen molar-refractivity contribution in [2.24, 2.45) is 7.05 Å². The Morgan fingerprint density at radius 1 is 1.36 bits per heavy atom. The molecule has 1 N–H and O–H groups in total. The van der Waals surface area contributed by atoms with Gasteiger partial charge in [-0.05, 0) is 59.3 Å². The minimum absolute atomic E-state index is 0.0458. The molecule has 1 atom stereocenters. The fourth-order valence-corrected chi connectivity index (χ4v) is 3.81. The average molecular weight is 405 g/mol. The number of aryl methyl sites for hydroxylation is 2. The molecule has 3 heterocycles. The van der Waals surface area contributed by atoms with Crippen LogP contribution in [0.1, 0.15) is 38.0 Å². The zero-order valence-corrected chi connectivity index (χ0v) is 16.0. The molecule has 2 aromatic heterocycles. The van der Waals surface area contributed by atoms with E-state index in [-0.39, 0.29) is 6.23 Å². The third-order valence-corrected chi connectivity index (χ3v) is 4.99. The Hall–Kier alpha value is -1.93. The van der Waals surface area contributed by atoms with Gasteiger partial charge >= 0.3 is 0 Å². The Kier molecular flexibility index (Phi) is 4.47. The summed E-state index contributed by atoms with van der Waals surface area (Å²) in [5.74, 6) is 0.698. The van der Waals surface area contributed by atoms with Gasteiger partial charge in [-0.3, -0.25) is 0 Å². The molecule has 0 aliphatic carbocycles. The molecule has 25 heavy (non-hydrogen) atoms. The summed E-state index contributed by atoms with van der Waals surface area (Å²) in [6, 6.07) is 4.19. The molecule has 1 unspecified atom stereocenters. The summed E-state index contributed by atoms with van der Waals surface area (Å²) in [6.07, 6.45) is 6.24. The molecule has 7 nitrogen and oxygen atoms in total. The SMILES string of the molecule is CCc1c(Nc2nc(Br)nn2C)ccc2c1cnn2C1CCCCO1. The predicted octanol–water partition coefficient (Wildman–Crippen LogP) is 3.93. The maximum absolute atomic E-state index is 5.91. The lowest BCUT2D eigenvalue weighted by atomic mass is 10.1. The van der Waals surface area contributed by atoms with Crippen molar-refractivity contribution in [2.75, 3.05) is 11.9 Å². The van der Waals surface area contributed by atoms with E-state index in [4.69, 9.17) is 4.74 Å². The van der Waals surface area contributed by atoms with Gasteiger partial charge in [0, 0.05) is 24.7 Å². The number of rotatable bonds is 4. The van der Waals surface area contributed by atoms with Crippen molar-refractivity contribution in [3.05, 3.63) is 28.6 Å². The van der Waals surface area contributed by atoms with Crippen LogP contribution in [0.15, 0.2) is 23.1 Å². The van der Waals surface area contributed by atoms with Crippen molar-refractivity contribution < 1.29 is 4.74 Å². The standard InChI is InChI=1S/C17H21BrN6O/c1-3-11-12-10-19-24(15-6-4-5-9-25-15)14(12)8-7-13(11)20-17-21-16(18)22-23(17)2/h7-8,10,15H,3-6,9H2,1-2H3,(H,20,21,22). The lowest BCUT2D eigenvalue weighted by Crippen LogP contribution is -2.19. The molecule has 1 aliphatic heterocycles. The van der Waals surface area contributed by atoms with Crippen LogP contribution in [0.4, 0.5) is 11.6 Å². The fourth-order valence-electron chi connectivity index (χ4n) is 3.40. The van der Waals surface area contributed by atoms with Gasteiger partial charge in [0.25, 0.3) is 0 Å². The monoisotopic (exact) mass is 404 g/mol. The van der Waals surface area contributed by atoms with Crippen LogP contribution in [0, 0.1) is 0 Å². The van der Waals surface area contributed by atoms with Crippen LogP contribution in [-0.4, -0.2) is 31.2 Å². The smallest absolute Gasteiger partial charge is 0.226 e. The quantitative estimate of drug-likeness (QED) is 0.712. The topological polar surface area (TPSA) is 69.8 Å². The van der Waals surface area contributed by atoms with E-state index in [9.17, 15) is 0 Å². The normalized spacial score (nSPS) is 18.0. The van der Waals surface area contributed by atoms with Gasteiger partial charge in [0.2, 0.25) is 10.7 Å². The van der Waals surface area contributed by atoms with Gasteiger partial charge in [0.1, 0.15) is 0 Å². The van der Waals surface area contributed by atoms with Crippen LogP contribution in [0.3, 0.4) is 0 Å². The van der Waals surface area contributed by atoms with Gasteiger partial charge in [0.05, 0.1) is 11.7 Å². The summed E-state index contributed by atoms with van der Waals surface area (Å²) >= 11 is 3.31. The molecule has 0 saturated carbocycles. The van der Waals surface area contributed by atoms with Crippen molar-refractivity contribution >= 4 is 38.5 Å². The zero-order valence-electron chi connectivity index (χ0n) is 14.4. The number of halogens is 1. The molecule has 1 fully saturated rings. The van der Waals surface area contributed by atoms with Crippen molar-refractivity contribution in [1.29, 1.82) is 0 Å². The molecule has 1 aromatic carbocycles. The van der Waals surface area contributed by atoms with Gasteiger partial charge < -0.3 is 10.1 Å². The fraction of sp³-hybridized carbons (Fsp3) is 0.471. The van der Waals surface area contributed by atoms with Crippen molar-refractivity contribution in [1.82, 2.24) is 24.5 Å². The first kappa shape index (κ1) is 16.5. The maximum Gasteiger partial charge on any atom is 0.226 e. The van der Waals surface area contributed by atoms with Crippen molar-refractivity contribution in [2.45, 2.75) is 38.8 Å². The molecular weight excluding hydrogens is 384 g/mol. The summed E-state index contributed by atoms with van der Waals surface area (Å²) in [5.41, 5.74) is 3.37. The van der Waals surface area contributed by atoms with E-state index in [1.165, 1.54) is 12.0 Å². The van der Waals surface area contributed by atoms with Gasteiger partial charge in [-0.15, -0.1) is 5.10 Å².